The van der Waals surface area contributed by atoms with E-state index in [9.17, 15) is 5.11 Å². The Morgan fingerprint density at radius 2 is 2.00 bits per heavy atom. The van der Waals surface area contributed by atoms with E-state index in [1.165, 1.54) is 5.56 Å². The highest BCUT2D eigenvalue weighted by molar-refractivity contribution is 8.00. The highest BCUT2D eigenvalue weighted by Crippen LogP contribution is 2.25. The third-order valence-corrected chi connectivity index (χ3v) is 3.67. The predicted molar refractivity (Wildman–Crippen MR) is 67.8 cm³/mol. The van der Waals surface area contributed by atoms with Crippen molar-refractivity contribution in [3.8, 4) is 0 Å². The molecule has 0 heterocycles. The normalized spacial score (nSPS) is 14.8. The van der Waals surface area contributed by atoms with Crippen LogP contribution < -0.4 is 5.73 Å². The molecule has 90 valence electrons. The number of aliphatic hydroxyl groups excluding tert-OH is 1. The minimum atomic E-state index is -0.152. The first-order chi connectivity index (χ1) is 7.67. The molecule has 2 unspecified atom stereocenters. The Balaban J connectivity index is 2.59. The van der Waals surface area contributed by atoms with Crippen molar-refractivity contribution in [2.75, 3.05) is 20.3 Å². The van der Waals surface area contributed by atoms with Crippen LogP contribution in [0.3, 0.4) is 0 Å². The van der Waals surface area contributed by atoms with E-state index in [0.29, 0.717) is 6.61 Å². The molecule has 1 aromatic carbocycles. The van der Waals surface area contributed by atoms with Crippen molar-refractivity contribution in [1.29, 1.82) is 0 Å². The molecule has 3 nitrogen and oxygen atoms in total. The van der Waals surface area contributed by atoms with Crippen molar-refractivity contribution in [2.24, 2.45) is 5.73 Å². The summed E-state index contributed by atoms with van der Waals surface area (Å²) in [5.74, 6) is 0. The second-order valence-electron chi connectivity index (χ2n) is 3.77. The lowest BCUT2D eigenvalue weighted by Gasteiger charge is -2.20. The number of benzene rings is 1. The largest absolute Gasteiger partial charge is 0.395 e. The van der Waals surface area contributed by atoms with Crippen molar-refractivity contribution >= 4 is 11.8 Å². The first-order valence-corrected chi connectivity index (χ1v) is 6.14. The van der Waals surface area contributed by atoms with Crippen LogP contribution in [0, 0.1) is 6.92 Å². The summed E-state index contributed by atoms with van der Waals surface area (Å²) in [5, 5.41) is 9.26. The third kappa shape index (κ3) is 4.14. The number of rotatable bonds is 6. The fraction of sp³-hybridized carbons (Fsp3) is 0.500. The molecule has 0 spiro atoms. The Hall–Kier alpha value is -0.550. The lowest BCUT2D eigenvalue weighted by Crippen LogP contribution is -2.38. The first-order valence-electron chi connectivity index (χ1n) is 5.26. The van der Waals surface area contributed by atoms with Gasteiger partial charge in [-0.15, -0.1) is 11.8 Å². The monoisotopic (exact) mass is 241 g/mol. The van der Waals surface area contributed by atoms with Gasteiger partial charge in [-0.2, -0.15) is 0 Å². The molecule has 1 aromatic rings. The molecule has 0 bridgehead atoms. The average Bonchev–Trinajstić information content (AvgIpc) is 2.28. The number of nitrogens with two attached hydrogens (primary N) is 1. The third-order valence-electron chi connectivity index (χ3n) is 2.33. The second kappa shape index (κ2) is 6.91. The maximum Gasteiger partial charge on any atom is 0.0625 e. The Morgan fingerprint density at radius 1 is 1.38 bits per heavy atom. The van der Waals surface area contributed by atoms with Crippen molar-refractivity contribution in [1.82, 2.24) is 0 Å². The molecule has 0 saturated carbocycles. The van der Waals surface area contributed by atoms with Crippen LogP contribution in [0.2, 0.25) is 0 Å². The van der Waals surface area contributed by atoms with E-state index in [1.54, 1.807) is 18.9 Å². The van der Waals surface area contributed by atoms with Gasteiger partial charge in [-0.1, -0.05) is 17.7 Å². The SMILES string of the molecule is COCC(N)C(CO)Sc1ccc(C)cc1. The summed E-state index contributed by atoms with van der Waals surface area (Å²) in [6, 6.07) is 8.04. The van der Waals surface area contributed by atoms with Gasteiger partial charge in [-0.05, 0) is 19.1 Å². The molecule has 16 heavy (non-hydrogen) atoms. The van der Waals surface area contributed by atoms with E-state index in [-0.39, 0.29) is 17.9 Å². The molecule has 0 aromatic heterocycles. The number of ether oxygens (including phenoxy) is 1. The standard InChI is InChI=1S/C12H19NO2S/c1-9-3-5-10(6-4-9)16-12(7-14)11(13)8-15-2/h3-6,11-12,14H,7-8,13H2,1-2H3. The predicted octanol–water partition coefficient (Wildman–Crippen LogP) is 1.42. The summed E-state index contributed by atoms with van der Waals surface area (Å²) >= 11 is 1.59. The molecule has 0 amide bonds. The smallest absolute Gasteiger partial charge is 0.0625 e. The van der Waals surface area contributed by atoms with Gasteiger partial charge >= 0.3 is 0 Å². The van der Waals surface area contributed by atoms with Crippen LogP contribution in [0.15, 0.2) is 29.2 Å². The second-order valence-corrected chi connectivity index (χ2v) is 5.08. The van der Waals surface area contributed by atoms with Gasteiger partial charge in [-0.25, -0.2) is 0 Å². The zero-order valence-electron chi connectivity index (χ0n) is 9.72. The van der Waals surface area contributed by atoms with Gasteiger partial charge in [0.15, 0.2) is 0 Å². The lowest BCUT2D eigenvalue weighted by atomic mass is 10.2. The molecule has 0 fully saturated rings. The summed E-state index contributed by atoms with van der Waals surface area (Å²) in [6.07, 6.45) is 0. The van der Waals surface area contributed by atoms with E-state index in [0.717, 1.165) is 4.90 Å². The number of hydrogen-bond acceptors (Lipinski definition) is 4. The van der Waals surface area contributed by atoms with E-state index in [4.69, 9.17) is 10.5 Å². The topological polar surface area (TPSA) is 55.5 Å². The summed E-state index contributed by atoms with van der Waals surface area (Å²) in [4.78, 5) is 1.12. The Morgan fingerprint density at radius 3 is 2.50 bits per heavy atom. The van der Waals surface area contributed by atoms with Crippen molar-refractivity contribution in [3.63, 3.8) is 0 Å². The molecule has 3 N–H and O–H groups in total. The van der Waals surface area contributed by atoms with Gasteiger partial charge < -0.3 is 15.6 Å². The van der Waals surface area contributed by atoms with Crippen molar-refractivity contribution < 1.29 is 9.84 Å². The van der Waals surface area contributed by atoms with Crippen LogP contribution in [0.1, 0.15) is 5.56 Å². The molecule has 1 rings (SSSR count). The maximum atomic E-state index is 9.28. The molecule has 0 radical (unpaired) electrons. The van der Waals surface area contributed by atoms with E-state index in [1.807, 2.05) is 12.1 Å². The minimum Gasteiger partial charge on any atom is -0.395 e. The fourth-order valence-corrected chi connectivity index (χ4v) is 2.32. The van der Waals surface area contributed by atoms with Gasteiger partial charge in [0.2, 0.25) is 0 Å². The zero-order valence-corrected chi connectivity index (χ0v) is 10.5. The van der Waals surface area contributed by atoms with Gasteiger partial charge in [0, 0.05) is 23.3 Å². The Labute approximate surface area is 101 Å². The van der Waals surface area contributed by atoms with Crippen LogP contribution in [-0.4, -0.2) is 36.7 Å². The average molecular weight is 241 g/mol. The molecule has 0 aliphatic carbocycles. The first kappa shape index (κ1) is 13.5. The number of thioether (sulfide) groups is 1. The molecule has 0 saturated heterocycles. The van der Waals surface area contributed by atoms with Crippen LogP contribution in [-0.2, 0) is 4.74 Å². The molecular weight excluding hydrogens is 222 g/mol. The van der Waals surface area contributed by atoms with Gasteiger partial charge in [0.05, 0.1) is 13.2 Å². The number of aliphatic hydroxyl groups is 1. The zero-order chi connectivity index (χ0) is 12.0. The van der Waals surface area contributed by atoms with Crippen molar-refractivity contribution in [2.45, 2.75) is 23.1 Å². The quantitative estimate of drug-likeness (QED) is 0.740. The lowest BCUT2D eigenvalue weighted by molar-refractivity contribution is 0.167. The summed E-state index contributed by atoms with van der Waals surface area (Å²) in [5.41, 5.74) is 7.14. The van der Waals surface area contributed by atoms with E-state index in [2.05, 4.69) is 19.1 Å². The van der Waals surface area contributed by atoms with Crippen LogP contribution in [0.4, 0.5) is 0 Å². The minimum absolute atomic E-state index is 0.0253. The van der Waals surface area contributed by atoms with Gasteiger partial charge in [-0.3, -0.25) is 0 Å². The van der Waals surface area contributed by atoms with Gasteiger partial charge in [0.1, 0.15) is 0 Å². The summed E-state index contributed by atoms with van der Waals surface area (Å²) in [7, 11) is 1.62. The number of aryl methyl sites for hydroxylation is 1. The number of methoxy groups -OCH3 is 1. The highest BCUT2D eigenvalue weighted by atomic mass is 32.2. The number of hydrogen-bond donors (Lipinski definition) is 2. The van der Waals surface area contributed by atoms with Crippen LogP contribution in [0.5, 0.6) is 0 Å². The molecule has 2 atom stereocenters. The van der Waals surface area contributed by atoms with Crippen LogP contribution >= 0.6 is 11.8 Å². The maximum absolute atomic E-state index is 9.28. The molecule has 0 aliphatic heterocycles. The highest BCUT2D eigenvalue weighted by Gasteiger charge is 2.17. The van der Waals surface area contributed by atoms with Crippen LogP contribution in [0.25, 0.3) is 0 Å². The fourth-order valence-electron chi connectivity index (χ4n) is 1.35. The summed E-state index contributed by atoms with van der Waals surface area (Å²) < 4.78 is 4.99. The Kier molecular flexibility index (Phi) is 5.84. The van der Waals surface area contributed by atoms with E-state index < -0.39 is 0 Å². The summed E-state index contributed by atoms with van der Waals surface area (Å²) in [6.45, 7) is 2.57. The molecular formula is C12H19NO2S. The molecule has 4 heteroatoms. The van der Waals surface area contributed by atoms with E-state index >= 15 is 0 Å². The van der Waals surface area contributed by atoms with Gasteiger partial charge in [0.25, 0.3) is 0 Å². The molecule has 0 aliphatic rings. The Bertz CT molecular complexity index is 302. The van der Waals surface area contributed by atoms with Crippen molar-refractivity contribution in [3.05, 3.63) is 29.8 Å².